The van der Waals surface area contributed by atoms with Crippen LogP contribution < -0.4 is 0 Å². The molecule has 2 atom stereocenters. The summed E-state index contributed by atoms with van der Waals surface area (Å²) in [5, 5.41) is 0. The van der Waals surface area contributed by atoms with Gasteiger partial charge in [0.25, 0.3) is 0 Å². The zero-order valence-electron chi connectivity index (χ0n) is 10.3. The SMILES string of the molecule is C=C(CCl)CN1CC2CCCCN2CC1C. The van der Waals surface area contributed by atoms with E-state index in [1.165, 1.54) is 38.9 Å². The van der Waals surface area contributed by atoms with E-state index in [4.69, 9.17) is 11.6 Å². The van der Waals surface area contributed by atoms with Crippen LogP contribution in [0, 0.1) is 0 Å². The third-order valence-electron chi connectivity index (χ3n) is 3.93. The lowest BCUT2D eigenvalue weighted by molar-refractivity contribution is 0.0204. The minimum atomic E-state index is 0.595. The Labute approximate surface area is 104 Å². The third kappa shape index (κ3) is 2.79. The zero-order valence-corrected chi connectivity index (χ0v) is 11.0. The van der Waals surface area contributed by atoms with Gasteiger partial charge in [-0.1, -0.05) is 13.0 Å². The van der Waals surface area contributed by atoms with Crippen molar-refractivity contribution in [1.82, 2.24) is 9.80 Å². The number of piperazine rings is 1. The molecule has 0 saturated carbocycles. The van der Waals surface area contributed by atoms with E-state index < -0.39 is 0 Å². The predicted octanol–water partition coefficient (Wildman–Crippen LogP) is 2.34. The Balaban J connectivity index is 1.92. The van der Waals surface area contributed by atoms with Crippen molar-refractivity contribution >= 4 is 11.6 Å². The van der Waals surface area contributed by atoms with Crippen LogP contribution in [0.5, 0.6) is 0 Å². The number of hydrogen-bond donors (Lipinski definition) is 0. The lowest BCUT2D eigenvalue weighted by Gasteiger charge is -2.47. The van der Waals surface area contributed by atoms with Crippen molar-refractivity contribution in [2.45, 2.75) is 38.3 Å². The van der Waals surface area contributed by atoms with Crippen molar-refractivity contribution in [2.75, 3.05) is 32.1 Å². The van der Waals surface area contributed by atoms with E-state index in [0.29, 0.717) is 11.9 Å². The first-order valence-corrected chi connectivity index (χ1v) is 6.95. The van der Waals surface area contributed by atoms with Gasteiger partial charge in [-0.05, 0) is 31.9 Å². The zero-order chi connectivity index (χ0) is 11.5. The summed E-state index contributed by atoms with van der Waals surface area (Å²) >= 11 is 5.82. The van der Waals surface area contributed by atoms with Gasteiger partial charge in [0.05, 0.1) is 0 Å². The molecule has 2 aliphatic rings. The van der Waals surface area contributed by atoms with Gasteiger partial charge in [0, 0.05) is 37.6 Å². The second-order valence-corrected chi connectivity index (χ2v) is 5.57. The normalized spacial score (nSPS) is 32.4. The molecule has 0 aromatic rings. The van der Waals surface area contributed by atoms with Crippen LogP contribution in [-0.4, -0.2) is 53.9 Å². The fraction of sp³-hybridized carbons (Fsp3) is 0.846. The number of alkyl halides is 1. The minimum absolute atomic E-state index is 0.595. The van der Waals surface area contributed by atoms with Crippen LogP contribution in [0.15, 0.2) is 12.2 Å². The molecule has 0 spiro atoms. The van der Waals surface area contributed by atoms with Gasteiger partial charge in [0.15, 0.2) is 0 Å². The first-order chi connectivity index (χ1) is 7.70. The van der Waals surface area contributed by atoms with Crippen LogP contribution in [0.4, 0.5) is 0 Å². The molecule has 0 N–H and O–H groups in total. The average molecular weight is 243 g/mol. The maximum atomic E-state index is 5.82. The Morgan fingerprint density at radius 3 is 2.94 bits per heavy atom. The summed E-state index contributed by atoms with van der Waals surface area (Å²) in [7, 11) is 0. The molecule has 92 valence electrons. The highest BCUT2D eigenvalue weighted by Crippen LogP contribution is 2.24. The maximum absolute atomic E-state index is 5.82. The number of piperidine rings is 1. The summed E-state index contributed by atoms with van der Waals surface area (Å²) < 4.78 is 0. The Morgan fingerprint density at radius 1 is 1.38 bits per heavy atom. The number of nitrogens with zero attached hydrogens (tertiary/aromatic N) is 2. The third-order valence-corrected chi connectivity index (χ3v) is 4.31. The fourth-order valence-electron chi connectivity index (χ4n) is 2.96. The number of rotatable bonds is 3. The highest BCUT2D eigenvalue weighted by atomic mass is 35.5. The van der Waals surface area contributed by atoms with Gasteiger partial charge < -0.3 is 0 Å². The molecule has 2 saturated heterocycles. The number of halogens is 1. The molecule has 2 rings (SSSR count). The first-order valence-electron chi connectivity index (χ1n) is 6.41. The molecule has 0 radical (unpaired) electrons. The van der Waals surface area contributed by atoms with Crippen molar-refractivity contribution in [3.63, 3.8) is 0 Å². The summed E-state index contributed by atoms with van der Waals surface area (Å²) in [5.74, 6) is 0.595. The Bertz CT molecular complexity index is 254. The standard InChI is InChI=1S/C13H23ClN2/c1-11(7-14)8-16-10-13-5-3-4-6-15(13)9-12(16)2/h12-13H,1,3-10H2,2H3. The first kappa shape index (κ1) is 12.4. The molecule has 0 aliphatic carbocycles. The summed E-state index contributed by atoms with van der Waals surface area (Å²) in [6, 6.07) is 1.43. The molecule has 3 heteroatoms. The van der Waals surface area contributed by atoms with E-state index in [-0.39, 0.29) is 0 Å². The Hall–Kier alpha value is -0.0500. The van der Waals surface area contributed by atoms with Crippen LogP contribution in [0.1, 0.15) is 26.2 Å². The van der Waals surface area contributed by atoms with Crippen LogP contribution in [0.3, 0.4) is 0 Å². The smallest absolute Gasteiger partial charge is 0.0443 e. The predicted molar refractivity (Wildman–Crippen MR) is 70.1 cm³/mol. The molecule has 2 aliphatic heterocycles. The van der Waals surface area contributed by atoms with Crippen molar-refractivity contribution in [2.24, 2.45) is 0 Å². The van der Waals surface area contributed by atoms with Crippen LogP contribution in [0.2, 0.25) is 0 Å². The molecular weight excluding hydrogens is 220 g/mol. The van der Waals surface area contributed by atoms with E-state index in [0.717, 1.165) is 18.2 Å². The van der Waals surface area contributed by atoms with E-state index in [1.54, 1.807) is 0 Å². The fourth-order valence-corrected chi connectivity index (χ4v) is 3.05. The highest BCUT2D eigenvalue weighted by molar-refractivity contribution is 6.19. The van der Waals surface area contributed by atoms with Crippen molar-refractivity contribution in [3.05, 3.63) is 12.2 Å². The van der Waals surface area contributed by atoms with E-state index in [9.17, 15) is 0 Å². The Kier molecular flexibility index (Phi) is 4.28. The second-order valence-electron chi connectivity index (χ2n) is 5.31. The van der Waals surface area contributed by atoms with Gasteiger partial charge in [-0.15, -0.1) is 11.6 Å². The lowest BCUT2D eigenvalue weighted by atomic mass is 9.97. The molecule has 2 unspecified atom stereocenters. The number of hydrogen-bond acceptors (Lipinski definition) is 2. The molecule has 0 aromatic heterocycles. The van der Waals surface area contributed by atoms with Crippen molar-refractivity contribution in [3.8, 4) is 0 Å². The van der Waals surface area contributed by atoms with E-state index in [2.05, 4.69) is 23.3 Å². The monoisotopic (exact) mass is 242 g/mol. The lowest BCUT2D eigenvalue weighted by Crippen LogP contribution is -2.58. The quantitative estimate of drug-likeness (QED) is 0.554. The average Bonchev–Trinajstić information content (AvgIpc) is 2.30. The number of fused-ring (bicyclic) bond motifs is 1. The molecule has 16 heavy (non-hydrogen) atoms. The topological polar surface area (TPSA) is 6.48 Å². The van der Waals surface area contributed by atoms with Gasteiger partial charge in [-0.25, -0.2) is 0 Å². The largest absolute Gasteiger partial charge is 0.298 e. The minimum Gasteiger partial charge on any atom is -0.298 e. The maximum Gasteiger partial charge on any atom is 0.0443 e. The van der Waals surface area contributed by atoms with Gasteiger partial charge in [-0.2, -0.15) is 0 Å². The van der Waals surface area contributed by atoms with Crippen molar-refractivity contribution < 1.29 is 0 Å². The van der Waals surface area contributed by atoms with Gasteiger partial charge >= 0.3 is 0 Å². The van der Waals surface area contributed by atoms with E-state index >= 15 is 0 Å². The molecule has 0 amide bonds. The van der Waals surface area contributed by atoms with Gasteiger partial charge in [-0.3, -0.25) is 9.80 Å². The van der Waals surface area contributed by atoms with Crippen LogP contribution in [0.25, 0.3) is 0 Å². The Morgan fingerprint density at radius 2 is 2.19 bits per heavy atom. The summed E-state index contributed by atoms with van der Waals surface area (Å²) in [4.78, 5) is 5.23. The van der Waals surface area contributed by atoms with Gasteiger partial charge in [0.2, 0.25) is 0 Å². The van der Waals surface area contributed by atoms with Crippen LogP contribution >= 0.6 is 11.6 Å². The molecule has 2 nitrogen and oxygen atoms in total. The highest BCUT2D eigenvalue weighted by Gasteiger charge is 2.32. The van der Waals surface area contributed by atoms with Crippen molar-refractivity contribution in [1.29, 1.82) is 0 Å². The molecular formula is C13H23ClN2. The summed E-state index contributed by atoms with van der Waals surface area (Å²) in [6.07, 6.45) is 4.16. The molecule has 0 aromatic carbocycles. The molecule has 0 bridgehead atoms. The summed E-state index contributed by atoms with van der Waals surface area (Å²) in [5.41, 5.74) is 1.15. The second kappa shape index (κ2) is 5.52. The molecule has 2 heterocycles. The van der Waals surface area contributed by atoms with Crippen LogP contribution in [-0.2, 0) is 0 Å². The van der Waals surface area contributed by atoms with E-state index in [1.807, 2.05) is 0 Å². The van der Waals surface area contributed by atoms with Gasteiger partial charge in [0.1, 0.15) is 0 Å². The summed E-state index contributed by atoms with van der Waals surface area (Å²) in [6.45, 7) is 11.1. The molecule has 2 fully saturated rings.